The van der Waals surface area contributed by atoms with Crippen LogP contribution in [0.15, 0.2) is 18.2 Å². The Morgan fingerprint density at radius 2 is 2.12 bits per heavy atom. The second-order valence-corrected chi connectivity index (χ2v) is 3.47. The fourth-order valence-electron chi connectivity index (χ4n) is 1.33. The Hall–Kier alpha value is -2.08. The maximum Gasteiger partial charge on any atom is 0.337 e. The summed E-state index contributed by atoms with van der Waals surface area (Å²) in [5.41, 5.74) is 2.88. The number of anilines is 1. The molecule has 1 amide bonds. The zero-order valence-electron chi connectivity index (χ0n) is 9.49. The fraction of sp³-hybridized carbons (Fsp3) is 0.273. The minimum Gasteiger partial charge on any atom is -0.478 e. The number of aromatic carboxylic acids is 1. The van der Waals surface area contributed by atoms with E-state index < -0.39 is 5.97 Å². The fourth-order valence-corrected chi connectivity index (χ4v) is 1.33. The molecule has 0 bridgehead atoms. The molecule has 1 aromatic carbocycles. The molecule has 17 heavy (non-hydrogen) atoms. The van der Waals surface area contributed by atoms with Gasteiger partial charge in [0.2, 0.25) is 0 Å². The first-order valence-corrected chi connectivity index (χ1v) is 5.22. The van der Waals surface area contributed by atoms with Gasteiger partial charge >= 0.3 is 5.97 Å². The largest absolute Gasteiger partial charge is 0.478 e. The van der Waals surface area contributed by atoms with Gasteiger partial charge in [-0.1, -0.05) is 6.92 Å². The van der Waals surface area contributed by atoms with Gasteiger partial charge in [0, 0.05) is 12.1 Å². The third-order valence-corrected chi connectivity index (χ3v) is 2.20. The van der Waals surface area contributed by atoms with Crippen molar-refractivity contribution in [3.05, 3.63) is 29.3 Å². The van der Waals surface area contributed by atoms with E-state index in [-0.39, 0.29) is 17.2 Å². The van der Waals surface area contributed by atoms with Gasteiger partial charge in [0.05, 0.1) is 11.3 Å². The molecule has 0 fully saturated rings. The summed E-state index contributed by atoms with van der Waals surface area (Å²) < 4.78 is 0. The first-order valence-electron chi connectivity index (χ1n) is 5.22. The number of hydrogen-bond donors (Lipinski definition) is 4. The molecule has 1 aromatic rings. The SMILES string of the molecule is CCCNC(=O)c1ccc(C(=O)O)c(NN)c1. The Labute approximate surface area is 98.8 Å². The molecular formula is C11H15N3O3. The summed E-state index contributed by atoms with van der Waals surface area (Å²) >= 11 is 0. The molecule has 0 unspecified atom stereocenters. The number of nitrogen functional groups attached to an aromatic ring is 1. The molecule has 0 aliphatic carbocycles. The summed E-state index contributed by atoms with van der Waals surface area (Å²) in [6.45, 7) is 2.52. The summed E-state index contributed by atoms with van der Waals surface area (Å²) in [4.78, 5) is 22.5. The summed E-state index contributed by atoms with van der Waals surface area (Å²) in [7, 11) is 0. The van der Waals surface area contributed by atoms with E-state index in [9.17, 15) is 9.59 Å². The van der Waals surface area contributed by atoms with Crippen LogP contribution < -0.4 is 16.6 Å². The van der Waals surface area contributed by atoms with Crippen LogP contribution >= 0.6 is 0 Å². The van der Waals surface area contributed by atoms with Crippen molar-refractivity contribution in [2.75, 3.05) is 12.0 Å². The van der Waals surface area contributed by atoms with Gasteiger partial charge < -0.3 is 15.8 Å². The van der Waals surface area contributed by atoms with Crippen LogP contribution in [0.3, 0.4) is 0 Å². The molecular weight excluding hydrogens is 222 g/mol. The van der Waals surface area contributed by atoms with Gasteiger partial charge in [0.25, 0.3) is 5.91 Å². The zero-order valence-corrected chi connectivity index (χ0v) is 9.49. The van der Waals surface area contributed by atoms with Gasteiger partial charge in [0.15, 0.2) is 0 Å². The predicted octanol–water partition coefficient (Wildman–Crippen LogP) is 0.810. The third-order valence-electron chi connectivity index (χ3n) is 2.20. The Morgan fingerprint density at radius 1 is 1.41 bits per heavy atom. The lowest BCUT2D eigenvalue weighted by molar-refractivity contribution is 0.0697. The van der Waals surface area contributed by atoms with E-state index in [4.69, 9.17) is 10.9 Å². The van der Waals surface area contributed by atoms with Gasteiger partial charge in [-0.15, -0.1) is 0 Å². The van der Waals surface area contributed by atoms with Crippen molar-refractivity contribution in [2.24, 2.45) is 5.84 Å². The predicted molar refractivity (Wildman–Crippen MR) is 63.8 cm³/mol. The van der Waals surface area contributed by atoms with E-state index in [1.165, 1.54) is 18.2 Å². The number of hydrazine groups is 1. The van der Waals surface area contributed by atoms with Crippen molar-refractivity contribution in [1.29, 1.82) is 0 Å². The minimum atomic E-state index is -1.10. The Kier molecular flexibility index (Phi) is 4.47. The van der Waals surface area contributed by atoms with Gasteiger partial charge in [0.1, 0.15) is 0 Å². The Morgan fingerprint density at radius 3 is 2.65 bits per heavy atom. The molecule has 0 heterocycles. The quantitative estimate of drug-likeness (QED) is 0.448. The smallest absolute Gasteiger partial charge is 0.337 e. The normalized spacial score (nSPS) is 9.76. The van der Waals surface area contributed by atoms with E-state index in [0.717, 1.165) is 6.42 Å². The van der Waals surface area contributed by atoms with Crippen molar-refractivity contribution in [2.45, 2.75) is 13.3 Å². The zero-order chi connectivity index (χ0) is 12.8. The molecule has 6 nitrogen and oxygen atoms in total. The van der Waals surface area contributed by atoms with Crippen LogP contribution in [0, 0.1) is 0 Å². The number of hydrogen-bond acceptors (Lipinski definition) is 4. The highest BCUT2D eigenvalue weighted by atomic mass is 16.4. The monoisotopic (exact) mass is 237 g/mol. The molecule has 0 saturated heterocycles. The maximum atomic E-state index is 11.6. The lowest BCUT2D eigenvalue weighted by Gasteiger charge is -2.08. The number of carbonyl (C=O) groups excluding carboxylic acids is 1. The van der Waals surface area contributed by atoms with Crippen molar-refractivity contribution in [3.8, 4) is 0 Å². The Balaban J connectivity index is 2.97. The standard InChI is InChI=1S/C11H15N3O3/c1-2-5-13-10(15)7-3-4-8(11(16)17)9(6-7)14-12/h3-4,6,14H,2,5,12H2,1H3,(H,13,15)(H,16,17). The van der Waals surface area contributed by atoms with Crippen LogP contribution in [0.5, 0.6) is 0 Å². The molecule has 1 rings (SSSR count). The number of nitrogens with one attached hydrogen (secondary N) is 2. The lowest BCUT2D eigenvalue weighted by atomic mass is 10.1. The van der Waals surface area contributed by atoms with E-state index in [2.05, 4.69) is 10.7 Å². The van der Waals surface area contributed by atoms with Crippen LogP contribution in [-0.2, 0) is 0 Å². The minimum absolute atomic E-state index is 0.0274. The average Bonchev–Trinajstić information content (AvgIpc) is 2.34. The highest BCUT2D eigenvalue weighted by molar-refractivity contribution is 5.99. The van der Waals surface area contributed by atoms with Gasteiger partial charge in [-0.25, -0.2) is 4.79 Å². The molecule has 0 aliphatic heterocycles. The summed E-state index contributed by atoms with van der Waals surface area (Å²) in [6.07, 6.45) is 0.834. The first kappa shape index (κ1) is 13.0. The van der Waals surface area contributed by atoms with Crippen LogP contribution in [0.1, 0.15) is 34.1 Å². The second-order valence-electron chi connectivity index (χ2n) is 3.47. The summed E-state index contributed by atoms with van der Waals surface area (Å²) in [6, 6.07) is 4.21. The number of benzene rings is 1. The van der Waals surface area contributed by atoms with E-state index >= 15 is 0 Å². The highest BCUT2D eigenvalue weighted by Gasteiger charge is 2.12. The van der Waals surface area contributed by atoms with Crippen LogP contribution in [0.25, 0.3) is 0 Å². The summed E-state index contributed by atoms with van der Waals surface area (Å²) in [5.74, 6) is 3.86. The molecule has 0 spiro atoms. The third kappa shape index (κ3) is 3.18. The van der Waals surface area contributed by atoms with Crippen molar-refractivity contribution < 1.29 is 14.7 Å². The molecule has 6 heteroatoms. The first-order chi connectivity index (χ1) is 8.10. The maximum absolute atomic E-state index is 11.6. The van der Waals surface area contributed by atoms with E-state index in [1.807, 2.05) is 6.92 Å². The molecule has 5 N–H and O–H groups in total. The molecule has 0 aliphatic rings. The van der Waals surface area contributed by atoms with Crippen LogP contribution in [0.4, 0.5) is 5.69 Å². The Bertz CT molecular complexity index is 432. The number of carboxylic acid groups (broad SMARTS) is 1. The van der Waals surface area contributed by atoms with Gasteiger partial charge in [-0.05, 0) is 24.6 Å². The van der Waals surface area contributed by atoms with E-state index in [1.54, 1.807) is 0 Å². The second kappa shape index (κ2) is 5.86. The van der Waals surface area contributed by atoms with Gasteiger partial charge in [-0.2, -0.15) is 0 Å². The number of rotatable bonds is 5. The number of carbonyl (C=O) groups is 2. The molecule has 0 radical (unpaired) electrons. The topological polar surface area (TPSA) is 104 Å². The average molecular weight is 237 g/mol. The van der Waals surface area contributed by atoms with Crippen molar-refractivity contribution in [3.63, 3.8) is 0 Å². The highest BCUT2D eigenvalue weighted by Crippen LogP contribution is 2.16. The number of amides is 1. The van der Waals surface area contributed by atoms with Crippen LogP contribution in [-0.4, -0.2) is 23.5 Å². The molecule has 0 atom stereocenters. The van der Waals surface area contributed by atoms with Crippen molar-refractivity contribution in [1.82, 2.24) is 5.32 Å². The van der Waals surface area contributed by atoms with Crippen molar-refractivity contribution >= 4 is 17.6 Å². The lowest BCUT2D eigenvalue weighted by Crippen LogP contribution is -2.24. The number of nitrogens with two attached hydrogens (primary N) is 1. The molecule has 0 aromatic heterocycles. The number of carboxylic acids is 1. The van der Waals surface area contributed by atoms with Crippen LogP contribution in [0.2, 0.25) is 0 Å². The molecule has 0 saturated carbocycles. The molecule has 92 valence electrons. The van der Waals surface area contributed by atoms with Gasteiger partial charge in [-0.3, -0.25) is 10.6 Å². The van der Waals surface area contributed by atoms with E-state index in [0.29, 0.717) is 12.1 Å². The summed E-state index contributed by atoms with van der Waals surface area (Å²) in [5, 5.41) is 11.6.